The molecule has 132 valence electrons. The molecule has 1 aromatic heterocycles. The van der Waals surface area contributed by atoms with Crippen LogP contribution in [0.2, 0.25) is 5.02 Å². The van der Waals surface area contributed by atoms with Gasteiger partial charge < -0.3 is 15.2 Å². The van der Waals surface area contributed by atoms with Crippen LogP contribution in [0, 0.1) is 11.3 Å². The van der Waals surface area contributed by atoms with E-state index in [1.807, 2.05) is 24.3 Å². The summed E-state index contributed by atoms with van der Waals surface area (Å²) in [6.45, 7) is 0.410. The molecule has 7 heteroatoms. The Morgan fingerprint density at radius 2 is 2.12 bits per heavy atom. The van der Waals surface area contributed by atoms with Crippen molar-refractivity contribution < 1.29 is 9.84 Å². The molecule has 0 aliphatic rings. The zero-order valence-corrected chi connectivity index (χ0v) is 14.8. The molecule has 0 atom stereocenters. The van der Waals surface area contributed by atoms with Gasteiger partial charge in [-0.3, -0.25) is 5.10 Å². The van der Waals surface area contributed by atoms with E-state index < -0.39 is 0 Å². The van der Waals surface area contributed by atoms with E-state index in [1.165, 1.54) is 7.11 Å². The zero-order chi connectivity index (χ0) is 18.5. The summed E-state index contributed by atoms with van der Waals surface area (Å²) in [5.74, 6) is 0.950. The molecule has 6 nitrogen and oxygen atoms in total. The predicted octanol–water partition coefficient (Wildman–Crippen LogP) is 3.85. The molecule has 26 heavy (non-hydrogen) atoms. The second-order valence-electron chi connectivity index (χ2n) is 5.70. The lowest BCUT2D eigenvalue weighted by atomic mass is 10.1. The Hall–Kier alpha value is -3.17. The van der Waals surface area contributed by atoms with E-state index in [1.54, 1.807) is 18.2 Å². The number of hydrogen-bond acceptors (Lipinski definition) is 5. The predicted molar refractivity (Wildman–Crippen MR) is 99.5 cm³/mol. The first-order valence-corrected chi connectivity index (χ1v) is 8.30. The number of aromatic nitrogens is 2. The molecule has 1 heterocycles. The number of hydrogen-bond donors (Lipinski definition) is 3. The lowest BCUT2D eigenvalue weighted by Crippen LogP contribution is -2.01. The number of phenolic OH excluding ortho intramolecular Hbond substituents is 1. The van der Waals surface area contributed by atoms with Gasteiger partial charge in [0, 0.05) is 18.0 Å². The average molecular weight is 369 g/mol. The SMILES string of the molecule is COc1ccc(CNc2n[nH]c(Cc3cccc(Cl)c3)c2C#N)cc1O. The second-order valence-corrected chi connectivity index (χ2v) is 6.14. The van der Waals surface area contributed by atoms with E-state index in [4.69, 9.17) is 16.3 Å². The van der Waals surface area contributed by atoms with Crippen LogP contribution in [-0.4, -0.2) is 22.4 Å². The Bertz CT molecular complexity index is 962. The van der Waals surface area contributed by atoms with Crippen LogP contribution in [-0.2, 0) is 13.0 Å². The quantitative estimate of drug-likeness (QED) is 0.614. The maximum atomic E-state index is 9.84. The highest BCUT2D eigenvalue weighted by atomic mass is 35.5. The molecule has 2 aromatic carbocycles. The highest BCUT2D eigenvalue weighted by molar-refractivity contribution is 6.30. The van der Waals surface area contributed by atoms with Gasteiger partial charge in [-0.25, -0.2) is 0 Å². The molecule has 3 rings (SSSR count). The molecular formula is C19H17ClN4O2. The van der Waals surface area contributed by atoms with Crippen molar-refractivity contribution in [3.63, 3.8) is 0 Å². The third kappa shape index (κ3) is 3.90. The standard InChI is InChI=1S/C19H17ClN4O2/c1-26-18-6-5-13(9-17(18)25)11-22-19-15(10-21)16(23-24-19)8-12-3-2-4-14(20)7-12/h2-7,9,25H,8,11H2,1H3,(H2,22,23,24). The molecule has 0 fully saturated rings. The fourth-order valence-electron chi connectivity index (χ4n) is 2.64. The third-order valence-electron chi connectivity index (χ3n) is 3.93. The van der Waals surface area contributed by atoms with Crippen LogP contribution < -0.4 is 10.1 Å². The Morgan fingerprint density at radius 1 is 1.27 bits per heavy atom. The number of benzene rings is 2. The van der Waals surface area contributed by atoms with E-state index in [0.717, 1.165) is 16.8 Å². The van der Waals surface area contributed by atoms with Crippen molar-refractivity contribution in [2.75, 3.05) is 12.4 Å². The first-order valence-electron chi connectivity index (χ1n) is 7.92. The molecule has 0 amide bonds. The van der Waals surface area contributed by atoms with Crippen molar-refractivity contribution in [2.24, 2.45) is 0 Å². The fourth-order valence-corrected chi connectivity index (χ4v) is 2.85. The minimum Gasteiger partial charge on any atom is -0.504 e. The van der Waals surface area contributed by atoms with Crippen LogP contribution in [0.1, 0.15) is 22.4 Å². The van der Waals surface area contributed by atoms with E-state index in [-0.39, 0.29) is 5.75 Å². The summed E-state index contributed by atoms with van der Waals surface area (Å²) >= 11 is 6.01. The van der Waals surface area contributed by atoms with Crippen molar-refractivity contribution in [3.05, 3.63) is 69.9 Å². The van der Waals surface area contributed by atoms with Crippen molar-refractivity contribution in [2.45, 2.75) is 13.0 Å². The highest BCUT2D eigenvalue weighted by Gasteiger charge is 2.13. The molecule has 0 bridgehead atoms. The topological polar surface area (TPSA) is 94.0 Å². The summed E-state index contributed by atoms with van der Waals surface area (Å²) in [6, 6.07) is 14.8. The van der Waals surface area contributed by atoms with Crippen molar-refractivity contribution in [1.82, 2.24) is 10.2 Å². The number of methoxy groups -OCH3 is 1. The van der Waals surface area contributed by atoms with Crippen molar-refractivity contribution in [3.8, 4) is 17.6 Å². The Morgan fingerprint density at radius 3 is 2.81 bits per heavy atom. The lowest BCUT2D eigenvalue weighted by Gasteiger charge is -2.07. The maximum Gasteiger partial charge on any atom is 0.166 e. The average Bonchev–Trinajstić information content (AvgIpc) is 3.01. The molecule has 3 aromatic rings. The van der Waals surface area contributed by atoms with Gasteiger partial charge in [0.2, 0.25) is 0 Å². The lowest BCUT2D eigenvalue weighted by molar-refractivity contribution is 0.373. The molecule has 0 saturated heterocycles. The van der Waals surface area contributed by atoms with E-state index in [9.17, 15) is 10.4 Å². The summed E-state index contributed by atoms with van der Waals surface area (Å²) in [5, 5.41) is 30.2. The van der Waals surface area contributed by atoms with Gasteiger partial charge in [-0.15, -0.1) is 0 Å². The zero-order valence-electron chi connectivity index (χ0n) is 14.1. The first kappa shape index (κ1) is 17.6. The normalized spacial score (nSPS) is 10.3. The number of halogens is 1. The number of phenols is 1. The fraction of sp³-hybridized carbons (Fsp3) is 0.158. The summed E-state index contributed by atoms with van der Waals surface area (Å²) in [5.41, 5.74) is 3.01. The van der Waals surface area contributed by atoms with Crippen LogP contribution in [0.25, 0.3) is 0 Å². The van der Waals surface area contributed by atoms with Crippen LogP contribution in [0.5, 0.6) is 11.5 Å². The van der Waals surface area contributed by atoms with Crippen LogP contribution >= 0.6 is 11.6 Å². The molecule has 3 N–H and O–H groups in total. The number of rotatable bonds is 6. The molecule has 0 radical (unpaired) electrons. The number of ether oxygens (including phenoxy) is 1. The van der Waals surface area contributed by atoms with Crippen LogP contribution in [0.3, 0.4) is 0 Å². The minimum atomic E-state index is 0.0657. The number of aromatic hydroxyl groups is 1. The summed E-state index contributed by atoms with van der Waals surface area (Å²) < 4.78 is 5.03. The second kappa shape index (κ2) is 7.81. The van der Waals surface area contributed by atoms with Gasteiger partial charge in [0.1, 0.15) is 11.6 Å². The Labute approximate surface area is 156 Å². The number of aromatic amines is 1. The molecule has 0 unspecified atom stereocenters. The van der Waals surface area contributed by atoms with Gasteiger partial charge in [-0.2, -0.15) is 10.4 Å². The number of nitrogens with one attached hydrogen (secondary N) is 2. The molecule has 0 saturated carbocycles. The van der Waals surface area contributed by atoms with Gasteiger partial charge in [-0.1, -0.05) is 29.8 Å². The van der Waals surface area contributed by atoms with Crippen LogP contribution in [0.4, 0.5) is 5.82 Å². The van der Waals surface area contributed by atoms with Gasteiger partial charge in [0.25, 0.3) is 0 Å². The number of nitrogens with zero attached hydrogens (tertiary/aromatic N) is 2. The summed E-state index contributed by atoms with van der Waals surface area (Å²) in [4.78, 5) is 0. The summed E-state index contributed by atoms with van der Waals surface area (Å²) in [7, 11) is 1.50. The van der Waals surface area contributed by atoms with Gasteiger partial charge >= 0.3 is 0 Å². The monoisotopic (exact) mass is 368 g/mol. The Kier molecular flexibility index (Phi) is 5.30. The maximum absolute atomic E-state index is 9.84. The van der Waals surface area contributed by atoms with Crippen molar-refractivity contribution in [1.29, 1.82) is 5.26 Å². The van der Waals surface area contributed by atoms with Crippen molar-refractivity contribution >= 4 is 17.4 Å². The van der Waals surface area contributed by atoms with Crippen LogP contribution in [0.15, 0.2) is 42.5 Å². The van der Waals surface area contributed by atoms with E-state index in [0.29, 0.717) is 35.1 Å². The third-order valence-corrected chi connectivity index (χ3v) is 4.16. The smallest absolute Gasteiger partial charge is 0.166 e. The first-order chi connectivity index (χ1) is 12.6. The van der Waals surface area contributed by atoms with E-state index in [2.05, 4.69) is 21.6 Å². The molecular weight excluding hydrogens is 352 g/mol. The minimum absolute atomic E-state index is 0.0657. The number of nitriles is 1. The largest absolute Gasteiger partial charge is 0.504 e. The Balaban J connectivity index is 1.74. The number of H-pyrrole nitrogens is 1. The highest BCUT2D eigenvalue weighted by Crippen LogP contribution is 2.27. The van der Waals surface area contributed by atoms with Gasteiger partial charge in [0.05, 0.1) is 12.8 Å². The molecule has 0 aliphatic carbocycles. The molecule has 0 aliphatic heterocycles. The van der Waals surface area contributed by atoms with Gasteiger partial charge in [0.15, 0.2) is 17.3 Å². The number of anilines is 1. The van der Waals surface area contributed by atoms with Gasteiger partial charge in [-0.05, 0) is 35.4 Å². The summed E-state index contributed by atoms with van der Waals surface area (Å²) in [6.07, 6.45) is 0.529. The molecule has 0 spiro atoms. The van der Waals surface area contributed by atoms with E-state index >= 15 is 0 Å².